The van der Waals surface area contributed by atoms with Gasteiger partial charge in [-0.3, -0.25) is 9.52 Å². The van der Waals surface area contributed by atoms with Crippen molar-refractivity contribution in [2.24, 2.45) is 0 Å². The number of hydrogen-bond acceptors (Lipinski definition) is 5. The van der Waals surface area contributed by atoms with Gasteiger partial charge < -0.3 is 10.1 Å². The molecule has 0 radical (unpaired) electrons. The molecule has 1 amide bonds. The number of sulfonamides is 1. The van der Waals surface area contributed by atoms with E-state index in [0.717, 1.165) is 11.3 Å². The van der Waals surface area contributed by atoms with Crippen molar-refractivity contribution in [3.8, 4) is 5.75 Å². The molecule has 0 aliphatic rings. The number of methoxy groups -OCH3 is 1. The van der Waals surface area contributed by atoms with E-state index in [1.165, 1.54) is 31.4 Å². The number of anilines is 2. The highest BCUT2D eigenvalue weighted by atomic mass is 35.5. The van der Waals surface area contributed by atoms with Crippen LogP contribution in [0.3, 0.4) is 0 Å². The van der Waals surface area contributed by atoms with Gasteiger partial charge in [0.2, 0.25) is 0 Å². The zero-order valence-corrected chi connectivity index (χ0v) is 16.5. The smallest absolute Gasteiger partial charge is 0.271 e. The van der Waals surface area contributed by atoms with Gasteiger partial charge in [0, 0.05) is 11.8 Å². The molecule has 6 nitrogen and oxygen atoms in total. The molecule has 0 saturated carbocycles. The molecule has 3 rings (SSSR count). The molecular weight excluding hydrogens is 408 g/mol. The van der Waals surface area contributed by atoms with E-state index in [1.807, 2.05) is 0 Å². The van der Waals surface area contributed by atoms with Gasteiger partial charge in [0.15, 0.2) is 0 Å². The lowest BCUT2D eigenvalue weighted by molar-refractivity contribution is 0.102. The van der Waals surface area contributed by atoms with Crippen LogP contribution in [0, 0.1) is 0 Å². The topological polar surface area (TPSA) is 84.5 Å². The molecule has 1 heterocycles. The fourth-order valence-electron chi connectivity index (χ4n) is 2.31. The molecule has 3 aromatic rings. The second-order valence-corrected chi connectivity index (χ2v) is 9.02. The lowest BCUT2D eigenvalue weighted by Crippen LogP contribution is -2.18. The second kappa shape index (κ2) is 7.99. The van der Waals surface area contributed by atoms with Crippen molar-refractivity contribution in [2.75, 3.05) is 17.1 Å². The zero-order valence-electron chi connectivity index (χ0n) is 14.1. The van der Waals surface area contributed by atoms with E-state index in [4.69, 9.17) is 16.3 Å². The average Bonchev–Trinajstić information content (AvgIpc) is 3.09. The number of hydrogen-bond donors (Lipinski definition) is 2. The second-order valence-electron chi connectivity index (χ2n) is 5.40. The van der Waals surface area contributed by atoms with E-state index in [1.54, 1.807) is 36.4 Å². The SMILES string of the molecule is COc1cccc(NC(=O)c2ccccc2NS(=O)(=O)c2ccc(Cl)s2)c1. The molecule has 0 aliphatic carbocycles. The Bertz CT molecular complexity index is 1080. The van der Waals surface area contributed by atoms with Gasteiger partial charge in [-0.15, -0.1) is 11.3 Å². The first-order chi connectivity index (χ1) is 12.9. The van der Waals surface area contributed by atoms with Crippen LogP contribution in [0.2, 0.25) is 4.34 Å². The molecule has 0 spiro atoms. The number of thiophene rings is 1. The molecule has 27 heavy (non-hydrogen) atoms. The van der Waals surface area contributed by atoms with Crippen LogP contribution < -0.4 is 14.8 Å². The van der Waals surface area contributed by atoms with Crippen molar-refractivity contribution in [1.29, 1.82) is 0 Å². The summed E-state index contributed by atoms with van der Waals surface area (Å²) >= 11 is 6.75. The first-order valence-electron chi connectivity index (χ1n) is 7.71. The Morgan fingerprint density at radius 2 is 1.85 bits per heavy atom. The van der Waals surface area contributed by atoms with E-state index in [2.05, 4.69) is 10.0 Å². The molecular formula is C18H15ClN2O4S2. The number of amides is 1. The minimum absolute atomic E-state index is 0.0653. The van der Waals surface area contributed by atoms with Crippen molar-refractivity contribution in [3.05, 3.63) is 70.6 Å². The minimum Gasteiger partial charge on any atom is -0.497 e. The van der Waals surface area contributed by atoms with Gasteiger partial charge in [-0.1, -0.05) is 29.8 Å². The van der Waals surface area contributed by atoms with E-state index >= 15 is 0 Å². The summed E-state index contributed by atoms with van der Waals surface area (Å²) in [5.41, 5.74) is 0.885. The predicted octanol–water partition coefficient (Wildman–Crippen LogP) is 4.46. The molecule has 0 bridgehead atoms. The van der Waals surface area contributed by atoms with Crippen LogP contribution in [0.25, 0.3) is 0 Å². The number of benzene rings is 2. The van der Waals surface area contributed by atoms with E-state index < -0.39 is 15.9 Å². The summed E-state index contributed by atoms with van der Waals surface area (Å²) in [6, 6.07) is 16.1. The number of nitrogens with one attached hydrogen (secondary N) is 2. The van der Waals surface area contributed by atoms with Gasteiger partial charge in [0.25, 0.3) is 15.9 Å². The quantitative estimate of drug-likeness (QED) is 0.614. The minimum atomic E-state index is -3.85. The predicted molar refractivity (Wildman–Crippen MR) is 108 cm³/mol. The Balaban J connectivity index is 1.86. The van der Waals surface area contributed by atoms with Crippen molar-refractivity contribution in [1.82, 2.24) is 0 Å². The van der Waals surface area contributed by atoms with Crippen molar-refractivity contribution >= 4 is 50.2 Å². The molecule has 2 aromatic carbocycles. The maximum Gasteiger partial charge on any atom is 0.271 e. The van der Waals surface area contributed by atoms with Crippen molar-refractivity contribution < 1.29 is 17.9 Å². The molecule has 9 heteroatoms. The fourth-order valence-corrected chi connectivity index (χ4v) is 4.87. The van der Waals surface area contributed by atoms with Crippen LogP contribution in [-0.4, -0.2) is 21.4 Å². The molecule has 0 fully saturated rings. The summed E-state index contributed by atoms with van der Waals surface area (Å²) in [4.78, 5) is 12.7. The summed E-state index contributed by atoms with van der Waals surface area (Å²) in [6.45, 7) is 0. The molecule has 0 aliphatic heterocycles. The largest absolute Gasteiger partial charge is 0.497 e. The van der Waals surface area contributed by atoms with Crippen LogP contribution >= 0.6 is 22.9 Å². The molecule has 140 valence electrons. The van der Waals surface area contributed by atoms with Gasteiger partial charge in [-0.25, -0.2) is 8.42 Å². The van der Waals surface area contributed by atoms with Gasteiger partial charge >= 0.3 is 0 Å². The summed E-state index contributed by atoms with van der Waals surface area (Å²) in [5.74, 6) is 0.141. The van der Waals surface area contributed by atoms with Gasteiger partial charge in [0.1, 0.15) is 9.96 Å². The Labute approximate surface area is 165 Å². The highest BCUT2D eigenvalue weighted by Gasteiger charge is 2.20. The van der Waals surface area contributed by atoms with E-state index in [9.17, 15) is 13.2 Å². The third kappa shape index (κ3) is 4.60. The Morgan fingerprint density at radius 1 is 1.07 bits per heavy atom. The van der Waals surface area contributed by atoms with E-state index in [-0.39, 0.29) is 15.5 Å². The summed E-state index contributed by atoms with van der Waals surface area (Å²) in [7, 11) is -2.32. The first kappa shape index (κ1) is 19.2. The first-order valence-corrected chi connectivity index (χ1v) is 10.4. The van der Waals surface area contributed by atoms with Crippen LogP contribution in [-0.2, 0) is 10.0 Å². The van der Waals surface area contributed by atoms with Gasteiger partial charge in [0.05, 0.1) is 22.7 Å². The average molecular weight is 423 g/mol. The van der Waals surface area contributed by atoms with Crippen LogP contribution in [0.4, 0.5) is 11.4 Å². The Morgan fingerprint density at radius 3 is 2.56 bits per heavy atom. The Hall–Kier alpha value is -2.55. The fraction of sp³-hybridized carbons (Fsp3) is 0.0556. The van der Waals surface area contributed by atoms with Crippen molar-refractivity contribution in [3.63, 3.8) is 0 Å². The monoisotopic (exact) mass is 422 g/mol. The van der Waals surface area contributed by atoms with Gasteiger partial charge in [-0.2, -0.15) is 0 Å². The number of para-hydroxylation sites is 1. The summed E-state index contributed by atoms with van der Waals surface area (Å²) < 4.78 is 33.0. The van der Waals surface area contributed by atoms with Crippen molar-refractivity contribution in [2.45, 2.75) is 4.21 Å². The third-order valence-electron chi connectivity index (χ3n) is 3.56. The summed E-state index contributed by atoms with van der Waals surface area (Å²) in [5, 5.41) is 2.73. The highest BCUT2D eigenvalue weighted by molar-refractivity contribution is 7.94. The highest BCUT2D eigenvalue weighted by Crippen LogP contribution is 2.28. The maximum absolute atomic E-state index is 12.7. The standard InChI is InChI=1S/C18H15ClN2O4S2/c1-25-13-6-4-5-12(11-13)20-18(22)14-7-2-3-8-15(14)21-27(23,24)17-10-9-16(19)26-17/h2-11,21H,1H3,(H,20,22). The molecule has 2 N–H and O–H groups in total. The van der Waals surface area contributed by atoms with Crippen LogP contribution in [0.5, 0.6) is 5.75 Å². The Kier molecular flexibility index (Phi) is 5.69. The molecule has 0 unspecified atom stereocenters. The number of ether oxygens (including phenoxy) is 1. The van der Waals surface area contributed by atoms with Gasteiger partial charge in [-0.05, 0) is 36.4 Å². The summed E-state index contributed by atoms with van der Waals surface area (Å²) in [6.07, 6.45) is 0. The number of halogens is 1. The number of rotatable bonds is 6. The third-order valence-corrected chi connectivity index (χ3v) is 6.65. The molecule has 0 atom stereocenters. The maximum atomic E-state index is 12.7. The van der Waals surface area contributed by atoms with Crippen LogP contribution in [0.1, 0.15) is 10.4 Å². The number of carbonyl (C=O) groups excluding carboxylic acids is 1. The lowest BCUT2D eigenvalue weighted by atomic mass is 10.1. The number of carbonyl (C=O) groups is 1. The molecule has 1 aromatic heterocycles. The lowest BCUT2D eigenvalue weighted by Gasteiger charge is -2.12. The molecule has 0 saturated heterocycles. The van der Waals surface area contributed by atoms with Crippen LogP contribution in [0.15, 0.2) is 64.9 Å². The normalized spacial score (nSPS) is 11.0. The zero-order chi connectivity index (χ0) is 19.4. The van der Waals surface area contributed by atoms with E-state index in [0.29, 0.717) is 15.8 Å².